The molecule has 1 aromatic heterocycles. The Bertz CT molecular complexity index is 754. The molecule has 26 heavy (non-hydrogen) atoms. The van der Waals surface area contributed by atoms with E-state index >= 15 is 0 Å². The molecule has 1 aromatic carbocycles. The molecular weight excluding hydrogens is 416 g/mol. The third-order valence-electron chi connectivity index (χ3n) is 4.79. The number of benzene rings is 1. The van der Waals surface area contributed by atoms with Gasteiger partial charge in [0, 0.05) is 34.9 Å². The van der Waals surface area contributed by atoms with Crippen molar-refractivity contribution in [3.8, 4) is 0 Å². The van der Waals surface area contributed by atoms with Gasteiger partial charge in [-0.2, -0.15) is 0 Å². The Kier molecular flexibility index (Phi) is 6.33. The molecule has 0 radical (unpaired) electrons. The minimum absolute atomic E-state index is 0.0944. The number of rotatable bonds is 6. The van der Waals surface area contributed by atoms with Crippen molar-refractivity contribution in [1.82, 2.24) is 9.88 Å². The Morgan fingerprint density at radius 3 is 2.81 bits per heavy atom. The Balaban J connectivity index is 1.71. The first kappa shape index (κ1) is 19.3. The Hall–Kier alpha value is -1.43. The van der Waals surface area contributed by atoms with E-state index in [1.165, 1.54) is 5.56 Å². The van der Waals surface area contributed by atoms with Crippen molar-refractivity contribution in [3.63, 3.8) is 0 Å². The minimum Gasteiger partial charge on any atom is -0.386 e. The maximum atomic E-state index is 13.1. The van der Waals surface area contributed by atoms with Gasteiger partial charge in [0.1, 0.15) is 0 Å². The zero-order chi connectivity index (χ0) is 18.7. The van der Waals surface area contributed by atoms with Crippen LogP contribution in [0.5, 0.6) is 0 Å². The van der Waals surface area contributed by atoms with Crippen molar-refractivity contribution >= 4 is 33.4 Å². The van der Waals surface area contributed by atoms with Crippen molar-refractivity contribution < 1.29 is 9.90 Å². The van der Waals surface area contributed by atoms with Gasteiger partial charge in [-0.3, -0.25) is 9.78 Å². The van der Waals surface area contributed by atoms with Crippen LogP contribution in [0.3, 0.4) is 0 Å². The molecule has 2 atom stereocenters. The first-order valence-corrected chi connectivity index (χ1v) is 10.00. The van der Waals surface area contributed by atoms with Crippen LogP contribution in [-0.4, -0.2) is 34.0 Å². The fourth-order valence-electron chi connectivity index (χ4n) is 3.49. The smallest absolute Gasteiger partial charge is 0.226 e. The fourth-order valence-corrected chi connectivity index (χ4v) is 4.07. The van der Waals surface area contributed by atoms with Crippen molar-refractivity contribution in [3.05, 3.63) is 62.8 Å². The number of carbonyl (C=O) groups excluding carboxylic acids is 1. The molecule has 0 bridgehead atoms. The van der Waals surface area contributed by atoms with Crippen LogP contribution in [0.2, 0.25) is 5.02 Å². The number of hydrogen-bond donors (Lipinski definition) is 1. The second-order valence-corrected chi connectivity index (χ2v) is 7.99. The maximum absolute atomic E-state index is 13.1. The van der Waals surface area contributed by atoms with Crippen LogP contribution in [0.4, 0.5) is 0 Å². The van der Waals surface area contributed by atoms with E-state index in [4.69, 9.17) is 11.6 Å². The lowest BCUT2D eigenvalue weighted by Crippen LogP contribution is -2.39. The molecular formula is C20H22BrClN2O2. The average molecular weight is 438 g/mol. The van der Waals surface area contributed by atoms with E-state index in [0.29, 0.717) is 24.4 Å². The van der Waals surface area contributed by atoms with Gasteiger partial charge in [-0.1, -0.05) is 24.6 Å². The zero-order valence-corrected chi connectivity index (χ0v) is 17.0. The summed E-state index contributed by atoms with van der Waals surface area (Å²) < 4.78 is 0.864. The second-order valence-electron chi connectivity index (χ2n) is 6.73. The molecule has 0 spiro atoms. The highest BCUT2D eigenvalue weighted by atomic mass is 79.9. The highest BCUT2D eigenvalue weighted by molar-refractivity contribution is 9.10. The van der Waals surface area contributed by atoms with Crippen LogP contribution >= 0.6 is 27.5 Å². The summed E-state index contributed by atoms with van der Waals surface area (Å²) in [6.45, 7) is 2.96. The fraction of sp³-hybridized carbons (Fsp3) is 0.400. The van der Waals surface area contributed by atoms with E-state index in [9.17, 15) is 9.90 Å². The van der Waals surface area contributed by atoms with Crippen LogP contribution in [-0.2, 0) is 17.6 Å². The molecule has 0 fully saturated rings. The lowest BCUT2D eigenvalue weighted by atomic mass is 10.0. The van der Waals surface area contributed by atoms with Gasteiger partial charge >= 0.3 is 0 Å². The summed E-state index contributed by atoms with van der Waals surface area (Å²) in [5.41, 5.74) is 3.04. The lowest BCUT2D eigenvalue weighted by molar-refractivity contribution is -0.136. The molecule has 0 saturated carbocycles. The Morgan fingerprint density at radius 1 is 1.42 bits per heavy atom. The number of nitrogens with zero attached hydrogens (tertiary/aromatic N) is 2. The van der Waals surface area contributed by atoms with Crippen LogP contribution < -0.4 is 0 Å². The predicted molar refractivity (Wildman–Crippen MR) is 106 cm³/mol. The van der Waals surface area contributed by atoms with Crippen molar-refractivity contribution in [1.29, 1.82) is 0 Å². The molecule has 1 amide bonds. The summed E-state index contributed by atoms with van der Waals surface area (Å²) in [4.78, 5) is 18.9. The number of halogens is 2. The molecule has 1 aliphatic carbocycles. The van der Waals surface area contributed by atoms with E-state index in [1.54, 1.807) is 23.4 Å². The van der Waals surface area contributed by atoms with Crippen LogP contribution in [0.15, 0.2) is 41.1 Å². The number of aromatic nitrogens is 1. The Labute approximate surface area is 167 Å². The van der Waals surface area contributed by atoms with Crippen molar-refractivity contribution in [2.75, 3.05) is 13.1 Å². The van der Waals surface area contributed by atoms with E-state index in [0.717, 1.165) is 22.0 Å². The number of pyridine rings is 1. The molecule has 1 unspecified atom stereocenters. The van der Waals surface area contributed by atoms with E-state index < -0.39 is 6.10 Å². The van der Waals surface area contributed by atoms with Gasteiger partial charge in [0.15, 0.2) is 0 Å². The Morgan fingerprint density at radius 2 is 2.15 bits per heavy atom. The maximum Gasteiger partial charge on any atom is 0.226 e. The largest absolute Gasteiger partial charge is 0.386 e. The molecule has 4 nitrogen and oxygen atoms in total. The quantitative estimate of drug-likeness (QED) is 0.737. The van der Waals surface area contributed by atoms with Gasteiger partial charge < -0.3 is 10.0 Å². The van der Waals surface area contributed by atoms with Crippen LogP contribution in [0.1, 0.15) is 36.1 Å². The van der Waals surface area contributed by atoms with Gasteiger partial charge in [-0.15, -0.1) is 0 Å². The third-order valence-corrected chi connectivity index (χ3v) is 5.99. The van der Waals surface area contributed by atoms with Crippen LogP contribution in [0.25, 0.3) is 0 Å². The number of aliphatic hydroxyl groups excluding tert-OH is 1. The van der Waals surface area contributed by atoms with E-state index in [2.05, 4.69) is 20.9 Å². The summed E-state index contributed by atoms with van der Waals surface area (Å²) in [6.07, 6.45) is 4.85. The summed E-state index contributed by atoms with van der Waals surface area (Å²) in [5.74, 6) is 0.00116. The van der Waals surface area contributed by atoms with Crippen LogP contribution in [0, 0.1) is 5.92 Å². The molecule has 6 heteroatoms. The second kappa shape index (κ2) is 8.51. The molecule has 3 rings (SSSR count). The van der Waals surface area contributed by atoms with Crippen molar-refractivity contribution in [2.24, 2.45) is 5.92 Å². The summed E-state index contributed by atoms with van der Waals surface area (Å²) >= 11 is 9.64. The SMILES string of the molecule is CCCN(C[C@@H](O)c1cccnc1)C(=O)C1Cc2cc(Cl)c(Br)cc2C1. The van der Waals surface area contributed by atoms with Gasteiger partial charge in [-0.25, -0.2) is 0 Å². The van der Waals surface area contributed by atoms with Gasteiger partial charge in [0.2, 0.25) is 5.91 Å². The molecule has 1 heterocycles. The molecule has 138 valence electrons. The molecule has 1 aliphatic rings. The summed E-state index contributed by atoms with van der Waals surface area (Å²) in [5, 5.41) is 11.2. The molecule has 0 aliphatic heterocycles. The highest BCUT2D eigenvalue weighted by Crippen LogP contribution is 2.34. The summed E-state index contributed by atoms with van der Waals surface area (Å²) in [7, 11) is 0. The average Bonchev–Trinajstić information content (AvgIpc) is 3.04. The normalized spacial score (nSPS) is 17.0. The number of carbonyl (C=O) groups is 1. The van der Waals surface area contributed by atoms with E-state index in [1.807, 2.05) is 25.1 Å². The molecule has 1 N–H and O–H groups in total. The highest BCUT2D eigenvalue weighted by Gasteiger charge is 2.32. The lowest BCUT2D eigenvalue weighted by Gasteiger charge is -2.27. The molecule has 2 aromatic rings. The first-order valence-electron chi connectivity index (χ1n) is 8.83. The standard InChI is InChI=1S/C20H22BrClN2O2/c1-2-6-24(12-19(25)13-4-3-5-23-11-13)20(26)16-7-14-9-17(21)18(22)10-15(14)8-16/h3-5,9-11,16,19,25H,2,6-8,12H2,1H3/t16?,19-/m1/s1. The van der Waals surface area contributed by atoms with Gasteiger partial charge in [0.25, 0.3) is 0 Å². The van der Waals surface area contributed by atoms with Crippen molar-refractivity contribution in [2.45, 2.75) is 32.3 Å². The first-order chi connectivity index (χ1) is 12.5. The summed E-state index contributed by atoms with van der Waals surface area (Å²) in [6, 6.07) is 7.58. The number of amides is 1. The van der Waals surface area contributed by atoms with E-state index in [-0.39, 0.29) is 18.4 Å². The number of fused-ring (bicyclic) bond motifs is 1. The number of aliphatic hydroxyl groups is 1. The zero-order valence-electron chi connectivity index (χ0n) is 14.7. The van der Waals surface area contributed by atoms with Gasteiger partial charge in [-0.05, 0) is 64.5 Å². The topological polar surface area (TPSA) is 53.4 Å². The monoisotopic (exact) mass is 436 g/mol. The predicted octanol–water partition coefficient (Wildman–Crippen LogP) is 4.18. The minimum atomic E-state index is -0.730. The van der Waals surface area contributed by atoms with Gasteiger partial charge in [0.05, 0.1) is 17.7 Å². The third kappa shape index (κ3) is 4.27. The number of hydrogen-bond acceptors (Lipinski definition) is 3. The molecule has 0 saturated heterocycles.